The maximum atomic E-state index is 12.1. The minimum absolute atomic E-state index is 0.0109. The van der Waals surface area contributed by atoms with Crippen molar-refractivity contribution < 1.29 is 4.79 Å². The molecule has 1 atom stereocenters. The van der Waals surface area contributed by atoms with Gasteiger partial charge in [-0.2, -0.15) is 4.80 Å². The van der Waals surface area contributed by atoms with Crippen LogP contribution >= 0.6 is 0 Å². The number of hydrogen-bond donors (Lipinski definition) is 1. The van der Waals surface area contributed by atoms with Crippen molar-refractivity contribution in [3.05, 3.63) is 60.4 Å². The first-order valence-electron chi connectivity index (χ1n) is 7.26. The van der Waals surface area contributed by atoms with Gasteiger partial charge in [-0.3, -0.25) is 9.78 Å². The van der Waals surface area contributed by atoms with Gasteiger partial charge in [0.25, 0.3) is 0 Å². The lowest BCUT2D eigenvalue weighted by Crippen LogP contribution is -2.31. The molecule has 0 aliphatic carbocycles. The number of pyridine rings is 1. The molecule has 0 aliphatic rings. The van der Waals surface area contributed by atoms with E-state index in [0.717, 1.165) is 11.3 Å². The summed E-state index contributed by atoms with van der Waals surface area (Å²) in [4.78, 5) is 17.6. The molecule has 0 fully saturated rings. The molecule has 23 heavy (non-hydrogen) atoms. The monoisotopic (exact) mass is 308 g/mol. The molecule has 7 heteroatoms. The van der Waals surface area contributed by atoms with Gasteiger partial charge in [-0.15, -0.1) is 10.2 Å². The van der Waals surface area contributed by atoms with Gasteiger partial charge in [0.1, 0.15) is 6.54 Å². The summed E-state index contributed by atoms with van der Waals surface area (Å²) in [5.74, 6) is 0.302. The lowest BCUT2D eigenvalue weighted by atomic mass is 10.2. The number of nitrogens with one attached hydrogen (secondary N) is 1. The Hall–Kier alpha value is -3.09. The molecule has 1 amide bonds. The van der Waals surface area contributed by atoms with E-state index in [1.54, 1.807) is 6.20 Å². The van der Waals surface area contributed by atoms with Gasteiger partial charge in [0.05, 0.1) is 11.7 Å². The number of hydrogen-bond acceptors (Lipinski definition) is 5. The van der Waals surface area contributed by atoms with Crippen LogP contribution in [0.25, 0.3) is 11.4 Å². The number of aromatic nitrogens is 5. The molecule has 1 N–H and O–H groups in total. The molecule has 116 valence electrons. The summed E-state index contributed by atoms with van der Waals surface area (Å²) in [5, 5.41) is 15.0. The number of amides is 1. The van der Waals surface area contributed by atoms with Gasteiger partial charge < -0.3 is 5.32 Å². The SMILES string of the molecule is C[C@H](NC(=O)Cn1nnc(-c2ccccc2)n1)c1ccccn1. The van der Waals surface area contributed by atoms with E-state index in [4.69, 9.17) is 0 Å². The molecular weight excluding hydrogens is 292 g/mol. The number of nitrogens with zero attached hydrogens (tertiary/aromatic N) is 5. The van der Waals surface area contributed by atoms with E-state index in [2.05, 4.69) is 25.7 Å². The Kier molecular flexibility index (Phi) is 4.37. The Labute approximate surface area is 133 Å². The Morgan fingerprint density at radius 3 is 2.70 bits per heavy atom. The first-order valence-corrected chi connectivity index (χ1v) is 7.26. The highest BCUT2D eigenvalue weighted by atomic mass is 16.2. The lowest BCUT2D eigenvalue weighted by molar-refractivity contribution is -0.122. The first-order chi connectivity index (χ1) is 11.2. The second-order valence-corrected chi connectivity index (χ2v) is 5.05. The van der Waals surface area contributed by atoms with Crippen LogP contribution in [0.5, 0.6) is 0 Å². The van der Waals surface area contributed by atoms with Crippen molar-refractivity contribution >= 4 is 5.91 Å². The normalized spacial score (nSPS) is 11.9. The predicted molar refractivity (Wildman–Crippen MR) is 84.0 cm³/mol. The number of benzene rings is 1. The van der Waals surface area contributed by atoms with Gasteiger partial charge in [-0.1, -0.05) is 36.4 Å². The predicted octanol–water partition coefficient (Wildman–Crippen LogP) is 1.61. The van der Waals surface area contributed by atoms with Gasteiger partial charge in [-0.25, -0.2) is 0 Å². The van der Waals surface area contributed by atoms with Gasteiger partial charge in [-0.05, 0) is 24.3 Å². The van der Waals surface area contributed by atoms with Crippen LogP contribution in [-0.4, -0.2) is 31.1 Å². The molecule has 0 saturated carbocycles. The van der Waals surface area contributed by atoms with Crippen molar-refractivity contribution in [2.75, 3.05) is 0 Å². The Morgan fingerprint density at radius 2 is 1.96 bits per heavy atom. The highest BCUT2D eigenvalue weighted by Crippen LogP contribution is 2.12. The molecule has 3 aromatic rings. The summed E-state index contributed by atoms with van der Waals surface area (Å²) < 4.78 is 0. The molecule has 1 aromatic carbocycles. The molecule has 0 saturated heterocycles. The van der Waals surface area contributed by atoms with Crippen molar-refractivity contribution in [2.24, 2.45) is 0 Å². The smallest absolute Gasteiger partial charge is 0.244 e. The third-order valence-corrected chi connectivity index (χ3v) is 3.28. The maximum Gasteiger partial charge on any atom is 0.244 e. The van der Waals surface area contributed by atoms with Crippen LogP contribution < -0.4 is 5.32 Å². The second kappa shape index (κ2) is 6.78. The lowest BCUT2D eigenvalue weighted by Gasteiger charge is -2.12. The van der Waals surface area contributed by atoms with E-state index >= 15 is 0 Å². The van der Waals surface area contributed by atoms with Crippen LogP contribution in [0.2, 0.25) is 0 Å². The molecule has 0 radical (unpaired) electrons. The summed E-state index contributed by atoms with van der Waals surface area (Å²) in [7, 11) is 0. The van der Waals surface area contributed by atoms with E-state index in [0.29, 0.717) is 5.82 Å². The summed E-state index contributed by atoms with van der Waals surface area (Å²) in [6.45, 7) is 1.89. The van der Waals surface area contributed by atoms with E-state index in [9.17, 15) is 4.79 Å². The van der Waals surface area contributed by atoms with Crippen LogP contribution in [-0.2, 0) is 11.3 Å². The zero-order chi connectivity index (χ0) is 16.1. The third-order valence-electron chi connectivity index (χ3n) is 3.28. The highest BCUT2D eigenvalue weighted by molar-refractivity contribution is 5.75. The number of carbonyl (C=O) groups is 1. The molecule has 2 heterocycles. The van der Waals surface area contributed by atoms with E-state index in [-0.39, 0.29) is 18.5 Å². The van der Waals surface area contributed by atoms with Crippen molar-refractivity contribution in [3.63, 3.8) is 0 Å². The quantitative estimate of drug-likeness (QED) is 0.774. The van der Waals surface area contributed by atoms with E-state index in [1.807, 2.05) is 55.5 Å². The van der Waals surface area contributed by atoms with Crippen LogP contribution in [0.4, 0.5) is 0 Å². The van der Waals surface area contributed by atoms with Gasteiger partial charge in [0, 0.05) is 11.8 Å². The van der Waals surface area contributed by atoms with Crippen molar-refractivity contribution in [2.45, 2.75) is 19.5 Å². The Bertz CT molecular complexity index is 772. The van der Waals surface area contributed by atoms with Crippen LogP contribution in [0.1, 0.15) is 18.7 Å². The largest absolute Gasteiger partial charge is 0.346 e. The molecule has 0 bridgehead atoms. The Morgan fingerprint density at radius 1 is 1.17 bits per heavy atom. The standard InChI is InChI=1S/C16H16N6O/c1-12(14-9-5-6-10-17-14)18-15(23)11-22-20-16(19-21-22)13-7-3-2-4-8-13/h2-10,12H,11H2,1H3,(H,18,23)/t12-/m0/s1. The fraction of sp³-hybridized carbons (Fsp3) is 0.188. The summed E-state index contributed by atoms with van der Waals surface area (Å²) in [6, 6.07) is 14.9. The first kappa shape index (κ1) is 14.8. The maximum absolute atomic E-state index is 12.1. The third kappa shape index (κ3) is 3.76. The van der Waals surface area contributed by atoms with E-state index in [1.165, 1.54) is 4.80 Å². The highest BCUT2D eigenvalue weighted by Gasteiger charge is 2.13. The van der Waals surface area contributed by atoms with Gasteiger partial charge >= 0.3 is 0 Å². The van der Waals surface area contributed by atoms with Crippen molar-refractivity contribution in [3.8, 4) is 11.4 Å². The number of carbonyl (C=O) groups excluding carboxylic acids is 1. The number of tetrazole rings is 1. The fourth-order valence-corrected chi connectivity index (χ4v) is 2.13. The zero-order valence-electron chi connectivity index (χ0n) is 12.6. The average Bonchev–Trinajstić information content (AvgIpc) is 3.04. The van der Waals surface area contributed by atoms with Gasteiger partial charge in [0.15, 0.2) is 0 Å². The van der Waals surface area contributed by atoms with Crippen molar-refractivity contribution in [1.29, 1.82) is 0 Å². The molecule has 0 unspecified atom stereocenters. The molecule has 7 nitrogen and oxygen atoms in total. The van der Waals surface area contributed by atoms with Crippen LogP contribution in [0.15, 0.2) is 54.7 Å². The molecular formula is C16H16N6O. The summed E-state index contributed by atoms with van der Waals surface area (Å²) >= 11 is 0. The fourth-order valence-electron chi connectivity index (χ4n) is 2.13. The average molecular weight is 308 g/mol. The summed E-state index contributed by atoms with van der Waals surface area (Å²) in [5.41, 5.74) is 1.67. The topological polar surface area (TPSA) is 85.6 Å². The zero-order valence-corrected chi connectivity index (χ0v) is 12.6. The molecule has 2 aromatic heterocycles. The minimum atomic E-state index is -0.194. The van der Waals surface area contributed by atoms with Crippen LogP contribution in [0.3, 0.4) is 0 Å². The van der Waals surface area contributed by atoms with Crippen LogP contribution in [0, 0.1) is 0 Å². The molecule has 0 spiro atoms. The minimum Gasteiger partial charge on any atom is -0.346 e. The Balaban J connectivity index is 1.61. The molecule has 3 rings (SSSR count). The van der Waals surface area contributed by atoms with Gasteiger partial charge in [0.2, 0.25) is 11.7 Å². The van der Waals surface area contributed by atoms with E-state index < -0.39 is 0 Å². The molecule has 0 aliphatic heterocycles. The van der Waals surface area contributed by atoms with Crippen molar-refractivity contribution in [1.82, 2.24) is 30.5 Å². The second-order valence-electron chi connectivity index (χ2n) is 5.05. The number of rotatable bonds is 5. The summed E-state index contributed by atoms with van der Waals surface area (Å²) in [6.07, 6.45) is 1.70.